The molecule has 0 aliphatic rings. The summed E-state index contributed by atoms with van der Waals surface area (Å²) in [5.41, 5.74) is 0.401. The molecule has 0 saturated carbocycles. The van der Waals surface area contributed by atoms with E-state index >= 15 is 0 Å². The largest absolute Gasteiger partial charge is 0.381 e. The van der Waals surface area contributed by atoms with E-state index in [9.17, 15) is 4.39 Å². The van der Waals surface area contributed by atoms with Crippen molar-refractivity contribution in [2.45, 2.75) is 13.8 Å². The van der Waals surface area contributed by atoms with Gasteiger partial charge in [-0.05, 0) is 18.1 Å². The first-order chi connectivity index (χ1) is 6.11. The lowest BCUT2D eigenvalue weighted by atomic mass is 10.2. The van der Waals surface area contributed by atoms with Crippen LogP contribution in [0.2, 0.25) is 5.02 Å². The zero-order valence-electron chi connectivity index (χ0n) is 7.77. The maximum absolute atomic E-state index is 13.2. The Morgan fingerprint density at radius 2 is 2.15 bits per heavy atom. The minimum absolute atomic E-state index is 0.298. The molecule has 0 aliphatic carbocycles. The first-order valence-corrected chi connectivity index (χ1v) is 4.67. The van der Waals surface area contributed by atoms with Crippen LogP contribution >= 0.6 is 11.6 Å². The van der Waals surface area contributed by atoms with Crippen molar-refractivity contribution >= 4 is 17.3 Å². The van der Waals surface area contributed by atoms with Crippen molar-refractivity contribution in [2.75, 3.05) is 11.9 Å². The SMILES string of the molecule is CC(C)CNc1c(F)cccc1Cl. The van der Waals surface area contributed by atoms with Gasteiger partial charge in [0.05, 0.1) is 10.7 Å². The van der Waals surface area contributed by atoms with Crippen LogP contribution < -0.4 is 5.32 Å². The highest BCUT2D eigenvalue weighted by atomic mass is 35.5. The Labute approximate surface area is 82.9 Å². The molecule has 1 aromatic rings. The van der Waals surface area contributed by atoms with Gasteiger partial charge in [0.25, 0.3) is 0 Å². The van der Waals surface area contributed by atoms with Gasteiger partial charge >= 0.3 is 0 Å². The highest BCUT2D eigenvalue weighted by Crippen LogP contribution is 2.24. The fourth-order valence-corrected chi connectivity index (χ4v) is 1.20. The molecule has 0 unspecified atom stereocenters. The second-order valence-corrected chi connectivity index (χ2v) is 3.78. The number of halogens is 2. The number of hydrogen-bond acceptors (Lipinski definition) is 1. The van der Waals surface area contributed by atoms with Gasteiger partial charge in [-0.25, -0.2) is 4.39 Å². The molecule has 13 heavy (non-hydrogen) atoms. The van der Waals surface area contributed by atoms with Gasteiger partial charge in [0, 0.05) is 6.54 Å². The van der Waals surface area contributed by atoms with Gasteiger partial charge in [-0.3, -0.25) is 0 Å². The lowest BCUT2D eigenvalue weighted by Gasteiger charge is -2.10. The summed E-state index contributed by atoms with van der Waals surface area (Å²) in [6, 6.07) is 4.67. The smallest absolute Gasteiger partial charge is 0.147 e. The molecule has 72 valence electrons. The fourth-order valence-electron chi connectivity index (χ4n) is 0.973. The Morgan fingerprint density at radius 3 is 2.69 bits per heavy atom. The van der Waals surface area contributed by atoms with Gasteiger partial charge in [-0.15, -0.1) is 0 Å². The normalized spacial score (nSPS) is 10.5. The summed E-state index contributed by atoms with van der Waals surface area (Å²) in [5, 5.41) is 3.40. The maximum atomic E-state index is 13.2. The number of benzene rings is 1. The van der Waals surface area contributed by atoms with Crippen LogP contribution in [0.4, 0.5) is 10.1 Å². The van der Waals surface area contributed by atoms with Crippen molar-refractivity contribution in [3.8, 4) is 0 Å². The molecule has 1 N–H and O–H groups in total. The molecule has 0 amide bonds. The Balaban J connectivity index is 2.75. The van der Waals surface area contributed by atoms with E-state index in [1.807, 2.05) is 0 Å². The average molecular weight is 202 g/mol. The summed E-state index contributed by atoms with van der Waals surface area (Å²) in [7, 11) is 0. The van der Waals surface area contributed by atoms with Crippen LogP contribution in [0.15, 0.2) is 18.2 Å². The highest BCUT2D eigenvalue weighted by molar-refractivity contribution is 6.33. The van der Waals surface area contributed by atoms with E-state index in [0.717, 1.165) is 6.54 Å². The topological polar surface area (TPSA) is 12.0 Å². The van der Waals surface area contributed by atoms with Crippen LogP contribution in [0.3, 0.4) is 0 Å². The van der Waals surface area contributed by atoms with Crippen LogP contribution in [0.5, 0.6) is 0 Å². The monoisotopic (exact) mass is 201 g/mol. The van der Waals surface area contributed by atoms with Crippen molar-refractivity contribution in [1.82, 2.24) is 0 Å². The summed E-state index contributed by atoms with van der Waals surface area (Å²) >= 11 is 5.81. The second kappa shape index (κ2) is 4.47. The highest BCUT2D eigenvalue weighted by Gasteiger charge is 2.05. The molecule has 0 aromatic heterocycles. The number of rotatable bonds is 3. The van der Waals surface area contributed by atoms with Gasteiger partial charge in [-0.2, -0.15) is 0 Å². The molecule has 0 radical (unpaired) electrons. The maximum Gasteiger partial charge on any atom is 0.147 e. The van der Waals surface area contributed by atoms with Crippen LogP contribution in [0, 0.1) is 11.7 Å². The third-order valence-corrected chi connectivity index (χ3v) is 1.96. The molecule has 0 fully saturated rings. The number of nitrogens with one attached hydrogen (secondary N) is 1. The molecule has 1 nitrogen and oxygen atoms in total. The molecule has 1 rings (SSSR count). The van der Waals surface area contributed by atoms with Gasteiger partial charge in [0.1, 0.15) is 5.82 Å². The predicted octanol–water partition coefficient (Wildman–Crippen LogP) is 3.55. The van der Waals surface area contributed by atoms with E-state index in [1.54, 1.807) is 12.1 Å². The van der Waals surface area contributed by atoms with Gasteiger partial charge in [0.15, 0.2) is 0 Å². The van der Waals surface area contributed by atoms with Crippen LogP contribution in [0.1, 0.15) is 13.8 Å². The Morgan fingerprint density at radius 1 is 1.46 bits per heavy atom. The molecular weight excluding hydrogens is 189 g/mol. The first-order valence-electron chi connectivity index (χ1n) is 4.29. The Hall–Kier alpha value is -0.760. The van der Waals surface area contributed by atoms with Crippen molar-refractivity contribution in [2.24, 2.45) is 5.92 Å². The molecule has 1 aromatic carbocycles. The third kappa shape index (κ3) is 2.88. The molecule has 0 aliphatic heterocycles. The van der Waals surface area contributed by atoms with E-state index in [4.69, 9.17) is 11.6 Å². The van der Waals surface area contributed by atoms with E-state index in [2.05, 4.69) is 19.2 Å². The van der Waals surface area contributed by atoms with Gasteiger partial charge in [0.2, 0.25) is 0 Å². The molecule has 0 atom stereocenters. The lowest BCUT2D eigenvalue weighted by Crippen LogP contribution is -2.09. The van der Waals surface area contributed by atoms with Gasteiger partial charge in [-0.1, -0.05) is 31.5 Å². The van der Waals surface area contributed by atoms with Crippen LogP contribution in [-0.2, 0) is 0 Å². The minimum atomic E-state index is -0.298. The van der Waals surface area contributed by atoms with Crippen molar-refractivity contribution in [3.05, 3.63) is 29.0 Å². The van der Waals surface area contributed by atoms with E-state index in [0.29, 0.717) is 16.6 Å². The van der Waals surface area contributed by atoms with E-state index in [1.165, 1.54) is 6.07 Å². The van der Waals surface area contributed by atoms with Crippen molar-refractivity contribution < 1.29 is 4.39 Å². The molecule has 3 heteroatoms. The molecule has 0 bridgehead atoms. The summed E-state index contributed by atoms with van der Waals surface area (Å²) in [6.45, 7) is 4.84. The van der Waals surface area contributed by atoms with Crippen LogP contribution in [-0.4, -0.2) is 6.54 Å². The Bertz CT molecular complexity index is 266. The number of anilines is 1. The lowest BCUT2D eigenvalue weighted by molar-refractivity contribution is 0.624. The summed E-state index contributed by atoms with van der Waals surface area (Å²) in [4.78, 5) is 0. The van der Waals surface area contributed by atoms with Crippen molar-refractivity contribution in [1.29, 1.82) is 0 Å². The van der Waals surface area contributed by atoms with Gasteiger partial charge < -0.3 is 5.32 Å². The molecule has 0 saturated heterocycles. The third-order valence-electron chi connectivity index (χ3n) is 1.65. The molecule has 0 spiro atoms. The zero-order chi connectivity index (χ0) is 9.84. The number of para-hydroxylation sites is 1. The van der Waals surface area contributed by atoms with Crippen molar-refractivity contribution in [3.63, 3.8) is 0 Å². The predicted molar refractivity (Wildman–Crippen MR) is 54.7 cm³/mol. The fraction of sp³-hybridized carbons (Fsp3) is 0.400. The van der Waals surface area contributed by atoms with E-state index in [-0.39, 0.29) is 5.82 Å². The first kappa shape index (κ1) is 10.3. The summed E-state index contributed by atoms with van der Waals surface area (Å²) < 4.78 is 13.2. The summed E-state index contributed by atoms with van der Waals surface area (Å²) in [5.74, 6) is 0.170. The number of hydrogen-bond donors (Lipinski definition) is 1. The minimum Gasteiger partial charge on any atom is -0.381 e. The molecule has 0 heterocycles. The Kier molecular flexibility index (Phi) is 3.55. The quantitative estimate of drug-likeness (QED) is 0.789. The summed E-state index contributed by atoms with van der Waals surface area (Å²) in [6.07, 6.45) is 0. The van der Waals surface area contributed by atoms with E-state index < -0.39 is 0 Å². The standard InChI is InChI=1S/C10H13ClFN/c1-7(2)6-13-10-8(11)4-3-5-9(10)12/h3-5,7,13H,6H2,1-2H3. The molecular formula is C10H13ClFN. The zero-order valence-corrected chi connectivity index (χ0v) is 8.53. The van der Waals surface area contributed by atoms with Crippen LogP contribution in [0.25, 0.3) is 0 Å². The average Bonchev–Trinajstić information content (AvgIpc) is 2.03. The second-order valence-electron chi connectivity index (χ2n) is 3.37.